The molecule has 0 N–H and O–H groups in total. The van der Waals surface area contributed by atoms with Crippen molar-refractivity contribution in [2.45, 2.75) is 25.5 Å². The first-order valence-electron chi connectivity index (χ1n) is 9.44. The number of hydrogen-bond donors (Lipinski definition) is 0. The normalized spacial score (nSPS) is 11.0. The molecule has 0 saturated heterocycles. The van der Waals surface area contributed by atoms with Crippen LogP contribution < -0.4 is 0 Å². The molecular weight excluding hydrogens is 414 g/mol. The van der Waals surface area contributed by atoms with Crippen molar-refractivity contribution in [3.05, 3.63) is 77.6 Å². The number of Topliss-reactive ketones (excluding diaryl/α,β-unsaturated/α-hetero) is 1. The molecule has 6 nitrogen and oxygen atoms in total. The van der Waals surface area contributed by atoms with Crippen LogP contribution in [0.3, 0.4) is 0 Å². The number of carbonyl (C=O) groups excluding carboxylic acids is 1. The number of benzene rings is 1. The molecule has 0 aliphatic heterocycles. The number of thioether (sulfide) groups is 1. The Hall–Kier alpha value is -2.97. The highest BCUT2D eigenvalue weighted by atomic mass is 32.2. The zero-order valence-electron chi connectivity index (χ0n) is 16.8. The standard InChI is InChI=1S/C22H21N5OS2/c1-4-11-26-20(17-8-6-5-7-9-17)24-25-22(26)30-14-19(28)18-13-15(2)27(16(18)3)21-23-10-12-29-21/h4-10,12-13H,1,11,14H2,2-3H3. The molecule has 0 radical (unpaired) electrons. The highest BCUT2D eigenvalue weighted by molar-refractivity contribution is 7.99. The summed E-state index contributed by atoms with van der Waals surface area (Å²) in [7, 11) is 0. The molecular formula is C22H21N5OS2. The average molecular weight is 436 g/mol. The highest BCUT2D eigenvalue weighted by Crippen LogP contribution is 2.27. The Morgan fingerprint density at radius 3 is 2.73 bits per heavy atom. The van der Waals surface area contributed by atoms with Gasteiger partial charge in [0.1, 0.15) is 0 Å². The molecule has 0 bridgehead atoms. The van der Waals surface area contributed by atoms with Crippen LogP contribution in [0.4, 0.5) is 0 Å². The van der Waals surface area contributed by atoms with E-state index in [2.05, 4.69) is 21.8 Å². The number of ketones is 1. The third-order valence-electron chi connectivity index (χ3n) is 4.73. The van der Waals surface area contributed by atoms with Gasteiger partial charge in [-0.3, -0.25) is 13.9 Å². The Morgan fingerprint density at radius 2 is 2.03 bits per heavy atom. The number of allylic oxidation sites excluding steroid dienone is 1. The molecule has 0 atom stereocenters. The van der Waals surface area contributed by atoms with Crippen molar-refractivity contribution < 1.29 is 4.79 Å². The minimum Gasteiger partial charge on any atom is -0.298 e. The van der Waals surface area contributed by atoms with Crippen LogP contribution >= 0.6 is 23.1 Å². The van der Waals surface area contributed by atoms with Gasteiger partial charge in [0.05, 0.1) is 5.75 Å². The van der Waals surface area contributed by atoms with E-state index in [0.29, 0.717) is 17.3 Å². The molecule has 0 fully saturated rings. The largest absolute Gasteiger partial charge is 0.298 e. The summed E-state index contributed by atoms with van der Waals surface area (Å²) in [5.41, 5.74) is 3.60. The van der Waals surface area contributed by atoms with Gasteiger partial charge < -0.3 is 0 Å². The predicted molar refractivity (Wildman–Crippen MR) is 122 cm³/mol. The van der Waals surface area contributed by atoms with E-state index in [1.165, 1.54) is 11.8 Å². The van der Waals surface area contributed by atoms with Gasteiger partial charge in [-0.05, 0) is 19.9 Å². The van der Waals surface area contributed by atoms with Crippen molar-refractivity contribution in [2.24, 2.45) is 0 Å². The van der Waals surface area contributed by atoms with Gasteiger partial charge in [-0.1, -0.05) is 48.2 Å². The molecule has 0 amide bonds. The zero-order chi connectivity index (χ0) is 21.1. The summed E-state index contributed by atoms with van der Waals surface area (Å²) in [5.74, 6) is 1.12. The fourth-order valence-corrected chi connectivity index (χ4v) is 4.95. The summed E-state index contributed by atoms with van der Waals surface area (Å²) in [6.07, 6.45) is 3.58. The molecule has 0 unspecified atom stereocenters. The van der Waals surface area contributed by atoms with Crippen molar-refractivity contribution >= 4 is 28.9 Å². The Bertz CT molecular complexity index is 1180. The van der Waals surface area contributed by atoms with Gasteiger partial charge in [0.2, 0.25) is 0 Å². The second-order valence-electron chi connectivity index (χ2n) is 6.72. The van der Waals surface area contributed by atoms with Crippen LogP contribution in [0.25, 0.3) is 16.5 Å². The minimum absolute atomic E-state index is 0.0605. The van der Waals surface area contributed by atoms with Crippen molar-refractivity contribution in [2.75, 3.05) is 5.75 Å². The maximum Gasteiger partial charge on any atom is 0.193 e. The lowest BCUT2D eigenvalue weighted by Gasteiger charge is -2.08. The quantitative estimate of drug-likeness (QED) is 0.222. The second kappa shape index (κ2) is 8.81. The summed E-state index contributed by atoms with van der Waals surface area (Å²) in [4.78, 5) is 17.4. The molecule has 0 saturated carbocycles. The van der Waals surface area contributed by atoms with Crippen molar-refractivity contribution in [3.8, 4) is 16.5 Å². The lowest BCUT2D eigenvalue weighted by Crippen LogP contribution is -2.07. The first-order valence-corrected chi connectivity index (χ1v) is 11.3. The number of carbonyl (C=O) groups is 1. The lowest BCUT2D eigenvalue weighted by molar-refractivity contribution is 0.102. The first kappa shape index (κ1) is 20.3. The molecule has 0 aliphatic carbocycles. The minimum atomic E-state index is 0.0605. The van der Waals surface area contributed by atoms with E-state index in [9.17, 15) is 4.79 Å². The maximum atomic E-state index is 13.0. The monoisotopic (exact) mass is 435 g/mol. The maximum absolute atomic E-state index is 13.0. The van der Waals surface area contributed by atoms with Gasteiger partial charge in [-0.2, -0.15) is 0 Å². The number of thiazole rings is 1. The van der Waals surface area contributed by atoms with Crippen LogP contribution in [0.15, 0.2) is 65.8 Å². The average Bonchev–Trinajstić information content (AvgIpc) is 3.47. The molecule has 3 heterocycles. The summed E-state index contributed by atoms with van der Waals surface area (Å²) < 4.78 is 4.01. The first-order chi connectivity index (χ1) is 14.6. The van der Waals surface area contributed by atoms with Crippen molar-refractivity contribution in [1.29, 1.82) is 0 Å². The lowest BCUT2D eigenvalue weighted by atomic mass is 10.2. The fraction of sp³-hybridized carbons (Fsp3) is 0.182. The molecule has 4 rings (SSSR count). The van der Waals surface area contributed by atoms with Crippen LogP contribution in [0.2, 0.25) is 0 Å². The summed E-state index contributed by atoms with van der Waals surface area (Å²) in [6, 6.07) is 11.8. The molecule has 3 aromatic heterocycles. The Morgan fingerprint density at radius 1 is 1.23 bits per heavy atom. The van der Waals surface area contributed by atoms with E-state index < -0.39 is 0 Å². The van der Waals surface area contributed by atoms with Crippen LogP contribution in [0.1, 0.15) is 21.7 Å². The smallest absolute Gasteiger partial charge is 0.193 e. The molecule has 152 valence electrons. The molecule has 8 heteroatoms. The number of hydrogen-bond acceptors (Lipinski definition) is 6. The van der Waals surface area contributed by atoms with Crippen LogP contribution in [0, 0.1) is 13.8 Å². The zero-order valence-corrected chi connectivity index (χ0v) is 18.4. The van der Waals surface area contributed by atoms with E-state index in [0.717, 1.165) is 27.9 Å². The van der Waals surface area contributed by atoms with Crippen LogP contribution in [-0.4, -0.2) is 35.9 Å². The summed E-state index contributed by atoms with van der Waals surface area (Å²) in [5, 5.41) is 12.2. The van der Waals surface area contributed by atoms with Gasteiger partial charge in [0.25, 0.3) is 0 Å². The Kier molecular flexibility index (Phi) is 5.96. The van der Waals surface area contributed by atoms with E-state index >= 15 is 0 Å². The summed E-state index contributed by atoms with van der Waals surface area (Å²) in [6.45, 7) is 8.37. The SMILES string of the molecule is C=CCn1c(SCC(=O)c2cc(C)n(-c3nccs3)c2C)nnc1-c1ccccc1. The van der Waals surface area contributed by atoms with Gasteiger partial charge in [-0.25, -0.2) is 4.98 Å². The molecule has 1 aromatic carbocycles. The molecule has 0 aliphatic rings. The number of aryl methyl sites for hydroxylation is 1. The Balaban J connectivity index is 1.56. The van der Waals surface area contributed by atoms with Crippen LogP contribution in [-0.2, 0) is 6.54 Å². The summed E-state index contributed by atoms with van der Waals surface area (Å²) >= 11 is 2.95. The van der Waals surface area contributed by atoms with Gasteiger partial charge in [0, 0.05) is 40.6 Å². The van der Waals surface area contributed by atoms with Gasteiger partial charge in [0.15, 0.2) is 21.9 Å². The molecule has 30 heavy (non-hydrogen) atoms. The Labute approximate surface area is 183 Å². The van der Waals surface area contributed by atoms with E-state index in [1.807, 2.05) is 70.8 Å². The predicted octanol–water partition coefficient (Wildman–Crippen LogP) is 4.97. The number of nitrogens with zero attached hydrogens (tertiary/aromatic N) is 5. The third-order valence-corrected chi connectivity index (χ3v) is 6.46. The van der Waals surface area contributed by atoms with E-state index in [4.69, 9.17) is 0 Å². The van der Waals surface area contributed by atoms with E-state index in [1.54, 1.807) is 17.5 Å². The fourth-order valence-electron chi connectivity index (χ4n) is 3.36. The van der Waals surface area contributed by atoms with Crippen LogP contribution in [0.5, 0.6) is 0 Å². The van der Waals surface area contributed by atoms with Gasteiger partial charge >= 0.3 is 0 Å². The van der Waals surface area contributed by atoms with Gasteiger partial charge in [-0.15, -0.1) is 28.1 Å². The number of aromatic nitrogens is 5. The topological polar surface area (TPSA) is 65.6 Å². The molecule has 4 aromatic rings. The molecule has 0 spiro atoms. The van der Waals surface area contributed by atoms with Crippen molar-refractivity contribution in [3.63, 3.8) is 0 Å². The second-order valence-corrected chi connectivity index (χ2v) is 8.53. The number of rotatable bonds is 8. The van der Waals surface area contributed by atoms with E-state index in [-0.39, 0.29) is 11.5 Å². The van der Waals surface area contributed by atoms with Crippen molar-refractivity contribution in [1.82, 2.24) is 24.3 Å². The third kappa shape index (κ3) is 3.88. The highest BCUT2D eigenvalue weighted by Gasteiger charge is 2.20.